The molecule has 0 bridgehead atoms. The Kier molecular flexibility index (Phi) is 4.08. The van der Waals surface area contributed by atoms with Crippen LogP contribution in [0.1, 0.15) is 29.9 Å². The van der Waals surface area contributed by atoms with Crippen molar-refractivity contribution in [3.05, 3.63) is 41.7 Å². The van der Waals surface area contributed by atoms with Crippen LogP contribution in [0.25, 0.3) is 0 Å². The summed E-state index contributed by atoms with van der Waals surface area (Å²) in [5.41, 5.74) is 8.63. The van der Waals surface area contributed by atoms with Crippen molar-refractivity contribution in [2.45, 2.75) is 27.3 Å². The topological polar surface area (TPSA) is 64.2 Å². The molecule has 2 N–H and O–H groups in total. The maximum Gasteiger partial charge on any atom is 0.280 e. The molecule has 106 valence electrons. The second-order valence-electron chi connectivity index (χ2n) is 4.67. The van der Waals surface area contributed by atoms with Gasteiger partial charge >= 0.3 is 0 Å². The minimum Gasteiger partial charge on any atom is -0.396 e. The maximum atomic E-state index is 12.6. The van der Waals surface area contributed by atoms with E-state index in [4.69, 9.17) is 5.73 Å². The number of nitrogen functional groups attached to an aromatic ring is 1. The van der Waals surface area contributed by atoms with E-state index in [-0.39, 0.29) is 5.91 Å². The van der Waals surface area contributed by atoms with Gasteiger partial charge in [-0.3, -0.25) is 9.48 Å². The van der Waals surface area contributed by atoms with Crippen LogP contribution in [0, 0.1) is 6.92 Å². The van der Waals surface area contributed by atoms with Gasteiger partial charge in [0.2, 0.25) is 0 Å². The lowest BCUT2D eigenvalue weighted by Gasteiger charge is -2.20. The van der Waals surface area contributed by atoms with E-state index in [2.05, 4.69) is 5.10 Å². The first-order chi connectivity index (χ1) is 9.56. The number of hydrogen-bond acceptors (Lipinski definition) is 3. The van der Waals surface area contributed by atoms with Crippen LogP contribution >= 0.6 is 0 Å². The molecule has 1 heterocycles. The summed E-state index contributed by atoms with van der Waals surface area (Å²) in [5, 5.41) is 4.24. The van der Waals surface area contributed by atoms with Gasteiger partial charge in [0.15, 0.2) is 5.69 Å². The molecule has 0 saturated carbocycles. The maximum absolute atomic E-state index is 12.6. The number of amides is 1. The Balaban J connectivity index is 2.33. The van der Waals surface area contributed by atoms with Crippen LogP contribution in [0.15, 0.2) is 30.5 Å². The van der Waals surface area contributed by atoms with Crippen molar-refractivity contribution in [2.24, 2.45) is 0 Å². The average Bonchev–Trinajstić information content (AvgIpc) is 2.83. The van der Waals surface area contributed by atoms with Crippen molar-refractivity contribution in [1.82, 2.24) is 9.78 Å². The predicted molar refractivity (Wildman–Crippen MR) is 80.8 cm³/mol. The number of nitrogens with two attached hydrogens (primary N) is 1. The van der Waals surface area contributed by atoms with Crippen molar-refractivity contribution < 1.29 is 4.79 Å². The SMILES string of the molecule is CCN(C(=O)c1nn(CC)cc1N)c1ccc(C)cc1. The number of aromatic nitrogens is 2. The molecular formula is C15H20N4O. The number of carbonyl (C=O) groups excluding carboxylic acids is 1. The fraction of sp³-hybridized carbons (Fsp3) is 0.333. The molecule has 0 spiro atoms. The van der Waals surface area contributed by atoms with Gasteiger partial charge in [-0.2, -0.15) is 5.10 Å². The molecule has 0 atom stereocenters. The van der Waals surface area contributed by atoms with Gasteiger partial charge in [0.25, 0.3) is 5.91 Å². The highest BCUT2D eigenvalue weighted by Crippen LogP contribution is 2.19. The predicted octanol–water partition coefficient (Wildman–Crippen LogP) is 2.46. The third-order valence-electron chi connectivity index (χ3n) is 3.22. The highest BCUT2D eigenvalue weighted by molar-refractivity contribution is 6.07. The van der Waals surface area contributed by atoms with Gasteiger partial charge in [0.05, 0.1) is 5.69 Å². The molecule has 2 aromatic rings. The Bertz CT molecular complexity index is 601. The second kappa shape index (κ2) is 5.77. The van der Waals surface area contributed by atoms with Gasteiger partial charge in [-0.25, -0.2) is 0 Å². The van der Waals surface area contributed by atoms with E-state index in [1.165, 1.54) is 0 Å². The molecule has 1 aromatic carbocycles. The van der Waals surface area contributed by atoms with Crippen LogP contribution in [0.2, 0.25) is 0 Å². The van der Waals surface area contributed by atoms with Gasteiger partial charge in [-0.1, -0.05) is 17.7 Å². The van der Waals surface area contributed by atoms with Gasteiger partial charge in [-0.15, -0.1) is 0 Å². The molecular weight excluding hydrogens is 252 g/mol. The third kappa shape index (κ3) is 2.66. The minimum atomic E-state index is -0.166. The Morgan fingerprint density at radius 3 is 2.45 bits per heavy atom. The molecule has 0 aliphatic rings. The molecule has 0 aliphatic carbocycles. The van der Waals surface area contributed by atoms with E-state index < -0.39 is 0 Å². The number of aryl methyl sites for hydroxylation is 2. The van der Waals surface area contributed by atoms with Gasteiger partial charge in [0, 0.05) is 25.0 Å². The summed E-state index contributed by atoms with van der Waals surface area (Å²) < 4.78 is 1.67. The van der Waals surface area contributed by atoms with Crippen LogP contribution in [0.4, 0.5) is 11.4 Å². The second-order valence-corrected chi connectivity index (χ2v) is 4.67. The fourth-order valence-electron chi connectivity index (χ4n) is 2.06. The van der Waals surface area contributed by atoms with Crippen LogP contribution in [0.3, 0.4) is 0 Å². The summed E-state index contributed by atoms with van der Waals surface area (Å²) >= 11 is 0. The summed E-state index contributed by atoms with van der Waals surface area (Å²) in [7, 11) is 0. The molecule has 1 aromatic heterocycles. The number of benzene rings is 1. The monoisotopic (exact) mass is 272 g/mol. The number of nitrogens with zero attached hydrogens (tertiary/aromatic N) is 3. The Labute approximate surface area is 119 Å². The van der Waals surface area contributed by atoms with Gasteiger partial charge < -0.3 is 10.6 Å². The van der Waals surface area contributed by atoms with Crippen molar-refractivity contribution in [2.75, 3.05) is 17.2 Å². The quantitative estimate of drug-likeness (QED) is 0.929. The first-order valence-corrected chi connectivity index (χ1v) is 6.78. The molecule has 2 rings (SSSR count). The van der Waals surface area contributed by atoms with Crippen LogP contribution in [0.5, 0.6) is 0 Å². The number of hydrogen-bond donors (Lipinski definition) is 1. The molecule has 0 fully saturated rings. The molecule has 5 nitrogen and oxygen atoms in total. The Morgan fingerprint density at radius 2 is 1.95 bits per heavy atom. The molecule has 0 radical (unpaired) electrons. The zero-order valence-electron chi connectivity index (χ0n) is 12.1. The summed E-state index contributed by atoms with van der Waals surface area (Å²) in [6, 6.07) is 7.84. The van der Waals surface area contributed by atoms with Crippen molar-refractivity contribution in [3.8, 4) is 0 Å². The van der Waals surface area contributed by atoms with Crippen molar-refractivity contribution in [1.29, 1.82) is 0 Å². The van der Waals surface area contributed by atoms with Gasteiger partial charge in [-0.05, 0) is 32.9 Å². The fourth-order valence-corrected chi connectivity index (χ4v) is 2.06. The average molecular weight is 272 g/mol. The number of rotatable bonds is 4. The summed E-state index contributed by atoms with van der Waals surface area (Å²) in [6.45, 7) is 7.17. The van der Waals surface area contributed by atoms with E-state index in [0.29, 0.717) is 24.5 Å². The van der Waals surface area contributed by atoms with Crippen LogP contribution < -0.4 is 10.6 Å². The third-order valence-corrected chi connectivity index (χ3v) is 3.22. The summed E-state index contributed by atoms with van der Waals surface area (Å²) in [6.07, 6.45) is 1.69. The van der Waals surface area contributed by atoms with Crippen LogP contribution in [-0.4, -0.2) is 22.2 Å². The first kappa shape index (κ1) is 14.1. The lowest BCUT2D eigenvalue weighted by atomic mass is 10.2. The summed E-state index contributed by atoms with van der Waals surface area (Å²) in [5.74, 6) is -0.166. The standard InChI is InChI=1S/C15H20N4O/c1-4-18-10-13(16)14(17-18)15(20)19(5-2)12-8-6-11(3)7-9-12/h6-10H,4-5,16H2,1-3H3. The molecule has 1 amide bonds. The van der Waals surface area contributed by atoms with Crippen LogP contribution in [-0.2, 0) is 6.54 Å². The smallest absolute Gasteiger partial charge is 0.280 e. The molecule has 0 saturated heterocycles. The van der Waals surface area contributed by atoms with Crippen molar-refractivity contribution in [3.63, 3.8) is 0 Å². The zero-order valence-corrected chi connectivity index (χ0v) is 12.1. The Hall–Kier alpha value is -2.30. The lowest BCUT2D eigenvalue weighted by Crippen LogP contribution is -2.31. The van der Waals surface area contributed by atoms with E-state index in [9.17, 15) is 4.79 Å². The van der Waals surface area contributed by atoms with E-state index in [1.54, 1.807) is 15.8 Å². The van der Waals surface area contributed by atoms with Crippen molar-refractivity contribution >= 4 is 17.3 Å². The van der Waals surface area contributed by atoms with E-state index >= 15 is 0 Å². The van der Waals surface area contributed by atoms with E-state index in [0.717, 1.165) is 11.3 Å². The van der Waals surface area contributed by atoms with E-state index in [1.807, 2.05) is 45.0 Å². The first-order valence-electron chi connectivity index (χ1n) is 6.78. The number of anilines is 2. The molecule has 0 aliphatic heterocycles. The Morgan fingerprint density at radius 1 is 1.30 bits per heavy atom. The number of carbonyl (C=O) groups is 1. The summed E-state index contributed by atoms with van der Waals surface area (Å²) in [4.78, 5) is 14.3. The zero-order chi connectivity index (χ0) is 14.7. The highest BCUT2D eigenvalue weighted by Gasteiger charge is 2.21. The van der Waals surface area contributed by atoms with Gasteiger partial charge in [0.1, 0.15) is 0 Å². The largest absolute Gasteiger partial charge is 0.396 e. The molecule has 0 unspecified atom stereocenters. The highest BCUT2D eigenvalue weighted by atomic mass is 16.2. The lowest BCUT2D eigenvalue weighted by molar-refractivity contribution is 0.0983. The molecule has 5 heteroatoms. The minimum absolute atomic E-state index is 0.166. The molecule has 20 heavy (non-hydrogen) atoms. The normalized spacial score (nSPS) is 10.6.